The summed E-state index contributed by atoms with van der Waals surface area (Å²) in [5.41, 5.74) is 0.360. The SMILES string of the molecule is Cc1cc(=O)n(CC2(CBr)CCC2)cc1[N+](=O)[O-]. The molecule has 18 heavy (non-hydrogen) atoms. The minimum absolute atomic E-state index is 0.0126. The van der Waals surface area contributed by atoms with Crippen LogP contribution in [0.3, 0.4) is 0 Å². The van der Waals surface area contributed by atoms with E-state index in [9.17, 15) is 14.9 Å². The zero-order valence-electron chi connectivity index (χ0n) is 10.2. The molecule has 0 N–H and O–H groups in total. The first-order valence-electron chi connectivity index (χ1n) is 5.89. The fourth-order valence-electron chi connectivity index (χ4n) is 2.34. The Morgan fingerprint density at radius 3 is 2.67 bits per heavy atom. The molecule has 2 rings (SSSR count). The Hall–Kier alpha value is -1.17. The number of nitro groups is 1. The highest BCUT2D eigenvalue weighted by atomic mass is 79.9. The van der Waals surface area contributed by atoms with Crippen molar-refractivity contribution in [2.75, 3.05) is 5.33 Å². The van der Waals surface area contributed by atoms with Crippen molar-refractivity contribution < 1.29 is 4.92 Å². The number of pyridine rings is 1. The molecular formula is C12H15BrN2O3. The van der Waals surface area contributed by atoms with Crippen molar-refractivity contribution in [1.29, 1.82) is 0 Å². The molecular weight excluding hydrogens is 300 g/mol. The first-order chi connectivity index (χ1) is 8.47. The second-order valence-electron chi connectivity index (χ2n) is 5.05. The average molecular weight is 315 g/mol. The third kappa shape index (κ3) is 2.34. The largest absolute Gasteiger partial charge is 0.308 e. The van der Waals surface area contributed by atoms with E-state index >= 15 is 0 Å². The number of halogens is 1. The van der Waals surface area contributed by atoms with E-state index in [4.69, 9.17) is 0 Å². The van der Waals surface area contributed by atoms with E-state index in [-0.39, 0.29) is 16.7 Å². The van der Waals surface area contributed by atoms with Crippen LogP contribution in [0.1, 0.15) is 24.8 Å². The van der Waals surface area contributed by atoms with Crippen LogP contribution in [0.4, 0.5) is 5.69 Å². The van der Waals surface area contributed by atoms with Gasteiger partial charge in [-0.05, 0) is 25.2 Å². The summed E-state index contributed by atoms with van der Waals surface area (Å²) < 4.78 is 1.48. The lowest BCUT2D eigenvalue weighted by molar-refractivity contribution is -0.386. The third-order valence-electron chi connectivity index (χ3n) is 3.71. The highest BCUT2D eigenvalue weighted by Crippen LogP contribution is 2.43. The van der Waals surface area contributed by atoms with Gasteiger partial charge in [-0.15, -0.1) is 0 Å². The maximum absolute atomic E-state index is 11.9. The molecule has 0 atom stereocenters. The van der Waals surface area contributed by atoms with Crippen LogP contribution in [0.5, 0.6) is 0 Å². The predicted octanol–water partition coefficient (Wildman–Crippen LogP) is 2.63. The van der Waals surface area contributed by atoms with Crippen LogP contribution in [0.2, 0.25) is 0 Å². The first-order valence-corrected chi connectivity index (χ1v) is 7.01. The lowest BCUT2D eigenvalue weighted by Crippen LogP contribution is -2.38. The maximum Gasteiger partial charge on any atom is 0.288 e. The van der Waals surface area contributed by atoms with E-state index in [1.165, 1.54) is 16.8 Å². The molecule has 1 saturated carbocycles. The van der Waals surface area contributed by atoms with Crippen molar-refractivity contribution in [2.45, 2.75) is 32.7 Å². The fraction of sp³-hybridized carbons (Fsp3) is 0.583. The molecule has 5 nitrogen and oxygen atoms in total. The van der Waals surface area contributed by atoms with Gasteiger partial charge < -0.3 is 4.57 Å². The van der Waals surface area contributed by atoms with Gasteiger partial charge in [0, 0.05) is 23.5 Å². The van der Waals surface area contributed by atoms with Crippen LogP contribution in [0.15, 0.2) is 17.1 Å². The summed E-state index contributed by atoms with van der Waals surface area (Å²) in [6.45, 7) is 2.14. The van der Waals surface area contributed by atoms with E-state index in [0.717, 1.165) is 24.6 Å². The number of hydrogen-bond donors (Lipinski definition) is 0. The highest BCUT2D eigenvalue weighted by Gasteiger charge is 2.36. The Labute approximate surface area is 113 Å². The smallest absolute Gasteiger partial charge is 0.288 e. The molecule has 0 unspecified atom stereocenters. The maximum atomic E-state index is 11.9. The zero-order chi connectivity index (χ0) is 13.3. The van der Waals surface area contributed by atoms with Crippen molar-refractivity contribution in [3.8, 4) is 0 Å². The predicted molar refractivity (Wildman–Crippen MR) is 72.2 cm³/mol. The Balaban J connectivity index is 2.36. The van der Waals surface area contributed by atoms with E-state index in [1.807, 2.05) is 0 Å². The summed E-state index contributed by atoms with van der Waals surface area (Å²) in [6, 6.07) is 1.35. The number of aromatic nitrogens is 1. The van der Waals surface area contributed by atoms with Gasteiger partial charge >= 0.3 is 0 Å². The van der Waals surface area contributed by atoms with Gasteiger partial charge in [-0.2, -0.15) is 0 Å². The van der Waals surface area contributed by atoms with Crippen LogP contribution in [-0.2, 0) is 6.54 Å². The second-order valence-corrected chi connectivity index (χ2v) is 5.61. The zero-order valence-corrected chi connectivity index (χ0v) is 11.8. The lowest BCUT2D eigenvalue weighted by Gasteiger charge is -2.40. The molecule has 98 valence electrons. The van der Waals surface area contributed by atoms with Gasteiger partial charge in [0.05, 0.1) is 11.1 Å². The van der Waals surface area contributed by atoms with Gasteiger partial charge in [-0.25, -0.2) is 0 Å². The van der Waals surface area contributed by atoms with Crippen molar-refractivity contribution in [2.24, 2.45) is 5.41 Å². The normalized spacial score (nSPS) is 17.2. The fourth-order valence-corrected chi connectivity index (χ4v) is 3.08. The number of rotatable bonds is 4. The van der Waals surface area contributed by atoms with Crippen LogP contribution < -0.4 is 5.56 Å². The van der Waals surface area contributed by atoms with E-state index < -0.39 is 4.92 Å². The molecule has 6 heteroatoms. The van der Waals surface area contributed by atoms with Crippen LogP contribution in [0.25, 0.3) is 0 Å². The minimum Gasteiger partial charge on any atom is -0.308 e. The van der Waals surface area contributed by atoms with Gasteiger partial charge in [0.25, 0.3) is 11.2 Å². The van der Waals surface area contributed by atoms with Gasteiger partial charge in [-0.3, -0.25) is 14.9 Å². The van der Waals surface area contributed by atoms with Crippen molar-refractivity contribution in [3.05, 3.63) is 38.3 Å². The lowest BCUT2D eigenvalue weighted by atomic mass is 9.70. The molecule has 1 aliphatic carbocycles. The van der Waals surface area contributed by atoms with E-state index in [0.29, 0.717) is 12.1 Å². The van der Waals surface area contributed by atoms with Crippen molar-refractivity contribution >= 4 is 21.6 Å². The summed E-state index contributed by atoms with van der Waals surface area (Å²) in [5.74, 6) is 0. The van der Waals surface area contributed by atoms with Gasteiger partial charge in [0.15, 0.2) is 0 Å². The summed E-state index contributed by atoms with van der Waals surface area (Å²) in [5, 5.41) is 11.7. The number of hydrogen-bond acceptors (Lipinski definition) is 3. The summed E-state index contributed by atoms with van der Waals surface area (Å²) in [6.07, 6.45) is 4.66. The molecule has 0 saturated heterocycles. The molecule has 0 amide bonds. The monoisotopic (exact) mass is 314 g/mol. The second kappa shape index (κ2) is 4.84. The molecule has 1 aromatic rings. The van der Waals surface area contributed by atoms with Crippen LogP contribution >= 0.6 is 15.9 Å². The highest BCUT2D eigenvalue weighted by molar-refractivity contribution is 9.09. The molecule has 0 aliphatic heterocycles. The average Bonchev–Trinajstić information content (AvgIpc) is 2.25. The third-order valence-corrected chi connectivity index (χ3v) is 4.89. The summed E-state index contributed by atoms with van der Waals surface area (Å²) >= 11 is 3.48. The van der Waals surface area contributed by atoms with Crippen molar-refractivity contribution in [1.82, 2.24) is 4.57 Å². The molecule has 0 bridgehead atoms. The standard InChI is InChI=1S/C12H15BrN2O3/c1-9-5-11(16)14(6-10(9)15(17)18)8-12(7-13)3-2-4-12/h5-6H,2-4,7-8H2,1H3. The van der Waals surface area contributed by atoms with Gasteiger partial charge in [0.2, 0.25) is 0 Å². The topological polar surface area (TPSA) is 65.1 Å². The Morgan fingerprint density at radius 1 is 1.56 bits per heavy atom. The molecule has 0 spiro atoms. The molecule has 1 aliphatic rings. The van der Waals surface area contributed by atoms with Crippen LogP contribution in [-0.4, -0.2) is 14.8 Å². The molecule has 1 heterocycles. The molecule has 1 aromatic heterocycles. The van der Waals surface area contributed by atoms with Gasteiger partial charge in [0.1, 0.15) is 0 Å². The number of nitrogens with zero attached hydrogens (tertiary/aromatic N) is 2. The molecule has 1 fully saturated rings. The van der Waals surface area contributed by atoms with E-state index in [2.05, 4.69) is 15.9 Å². The minimum atomic E-state index is -0.438. The van der Waals surface area contributed by atoms with E-state index in [1.54, 1.807) is 6.92 Å². The first kappa shape index (κ1) is 13.3. The number of aryl methyl sites for hydroxylation is 1. The molecule has 0 aromatic carbocycles. The molecule has 0 radical (unpaired) electrons. The van der Waals surface area contributed by atoms with Crippen molar-refractivity contribution in [3.63, 3.8) is 0 Å². The van der Waals surface area contributed by atoms with Crippen LogP contribution in [0, 0.1) is 22.5 Å². The Bertz CT molecular complexity index is 529. The van der Waals surface area contributed by atoms with Gasteiger partial charge in [-0.1, -0.05) is 22.4 Å². The Kier molecular flexibility index (Phi) is 3.56. The summed E-state index contributed by atoms with van der Waals surface area (Å²) in [7, 11) is 0. The quantitative estimate of drug-likeness (QED) is 0.487. The summed E-state index contributed by atoms with van der Waals surface area (Å²) in [4.78, 5) is 22.3. The Morgan fingerprint density at radius 2 is 2.22 bits per heavy atom. The number of alkyl halides is 1.